The van der Waals surface area contributed by atoms with E-state index in [-0.39, 0.29) is 0 Å². The first-order valence-electron chi connectivity index (χ1n) is 11.9. The Bertz CT molecular complexity index is 649. The van der Waals surface area contributed by atoms with Crippen molar-refractivity contribution in [3.05, 3.63) is 35.5 Å². The van der Waals surface area contributed by atoms with Gasteiger partial charge in [-0.3, -0.25) is 0 Å². The molecule has 0 aromatic carbocycles. The van der Waals surface area contributed by atoms with E-state index in [2.05, 4.69) is 46.4 Å². The van der Waals surface area contributed by atoms with Gasteiger partial charge in [0.25, 0.3) is 0 Å². The van der Waals surface area contributed by atoms with Gasteiger partial charge in [0.15, 0.2) is 0 Å². The normalized spacial score (nSPS) is 35.0. The smallest absolute Gasteiger partial charge is 0.00408 e. The molecule has 4 atom stereocenters. The molecule has 0 bridgehead atoms. The van der Waals surface area contributed by atoms with Crippen molar-refractivity contribution in [2.24, 2.45) is 29.1 Å². The molecule has 0 aliphatic heterocycles. The lowest BCUT2D eigenvalue weighted by molar-refractivity contribution is 0.0929. The van der Waals surface area contributed by atoms with Crippen molar-refractivity contribution < 1.29 is 0 Å². The van der Waals surface area contributed by atoms with Crippen LogP contribution in [0.4, 0.5) is 0 Å². The van der Waals surface area contributed by atoms with Crippen molar-refractivity contribution in [3.8, 4) is 0 Å². The zero-order valence-electron chi connectivity index (χ0n) is 18.9. The molecular weight excluding hydrogens is 356 g/mol. The van der Waals surface area contributed by atoms with Crippen LogP contribution < -0.4 is 0 Å². The predicted octanol–water partition coefficient (Wildman–Crippen LogP) is 8.63. The molecule has 0 saturated heterocycles. The van der Waals surface area contributed by atoms with Gasteiger partial charge in [0.2, 0.25) is 0 Å². The third kappa shape index (κ3) is 4.89. The maximum Gasteiger partial charge on any atom is 0.00408 e. The molecule has 3 fully saturated rings. The minimum Gasteiger partial charge on any atom is -0.0955 e. The maximum atomic E-state index is 5.49. The van der Waals surface area contributed by atoms with Crippen LogP contribution in [0.1, 0.15) is 98.3 Å². The quantitative estimate of drug-likeness (QED) is 0.403. The fraction of sp³-hybridized carbons (Fsp3) is 0.741. The first kappa shape index (κ1) is 22.0. The van der Waals surface area contributed by atoms with Crippen LogP contribution in [0.25, 0.3) is 0 Å². The van der Waals surface area contributed by atoms with Gasteiger partial charge in [0.1, 0.15) is 0 Å². The summed E-state index contributed by atoms with van der Waals surface area (Å²) in [5.41, 5.74) is 4.96. The van der Waals surface area contributed by atoms with Gasteiger partial charge in [-0.05, 0) is 84.5 Å². The van der Waals surface area contributed by atoms with Crippen molar-refractivity contribution >= 4 is 17.1 Å². The first-order chi connectivity index (χ1) is 13.3. The van der Waals surface area contributed by atoms with Crippen LogP contribution in [0.2, 0.25) is 0 Å². The molecule has 0 spiro atoms. The van der Waals surface area contributed by atoms with Gasteiger partial charge in [-0.15, -0.1) is 0 Å². The molecule has 0 radical (unpaired) electrons. The van der Waals surface area contributed by atoms with Crippen LogP contribution >= 0.6 is 12.2 Å². The second-order valence-electron chi connectivity index (χ2n) is 10.7. The highest BCUT2D eigenvalue weighted by Gasteiger charge is 2.50. The summed E-state index contributed by atoms with van der Waals surface area (Å²) in [4.78, 5) is 1.21. The highest BCUT2D eigenvalue weighted by Crippen LogP contribution is 2.59. The fourth-order valence-corrected chi connectivity index (χ4v) is 6.78. The van der Waals surface area contributed by atoms with Gasteiger partial charge in [-0.25, -0.2) is 0 Å². The predicted molar refractivity (Wildman–Crippen MR) is 128 cm³/mol. The highest BCUT2D eigenvalue weighted by atomic mass is 32.1. The lowest BCUT2D eigenvalue weighted by atomic mass is 9.60. The van der Waals surface area contributed by atoms with Crippen molar-refractivity contribution in [2.75, 3.05) is 0 Å². The number of fused-ring (bicyclic) bond motifs is 1. The summed E-state index contributed by atoms with van der Waals surface area (Å²) < 4.78 is 0. The standard InChI is InChI=1S/C27H42S/c1-19(2)8-6-9-21(4)25-15-16-26-22(10-7-17-27(25,26)5)12-13-23-18-24(28)14-11-20(23)3/h12-13,19,21,25-26H,3,6-11,14-18H2,1-2,4-5H3/b22-12+,23-13-/t21-,25-,26+,27-/m1/s1. The average Bonchev–Trinajstić information content (AvgIpc) is 2.99. The maximum absolute atomic E-state index is 5.49. The molecule has 0 aromatic rings. The van der Waals surface area contributed by atoms with Crippen LogP contribution in [0.3, 0.4) is 0 Å². The molecule has 3 rings (SSSR count). The van der Waals surface area contributed by atoms with Crippen LogP contribution in [0.15, 0.2) is 35.5 Å². The van der Waals surface area contributed by atoms with Crippen LogP contribution in [0, 0.1) is 29.1 Å². The van der Waals surface area contributed by atoms with Crippen molar-refractivity contribution in [1.29, 1.82) is 0 Å². The van der Waals surface area contributed by atoms with E-state index in [1.54, 1.807) is 5.57 Å². The molecule has 3 saturated carbocycles. The second kappa shape index (κ2) is 9.41. The van der Waals surface area contributed by atoms with Gasteiger partial charge in [-0.2, -0.15) is 0 Å². The minimum absolute atomic E-state index is 0.527. The number of hydrogen-bond donors (Lipinski definition) is 0. The summed E-state index contributed by atoms with van der Waals surface area (Å²) >= 11 is 5.49. The molecule has 28 heavy (non-hydrogen) atoms. The minimum atomic E-state index is 0.527. The van der Waals surface area contributed by atoms with E-state index in [0.717, 1.165) is 42.9 Å². The molecule has 3 aliphatic rings. The van der Waals surface area contributed by atoms with E-state index in [0.29, 0.717) is 5.41 Å². The molecule has 1 heteroatoms. The summed E-state index contributed by atoms with van der Waals surface area (Å²) in [6, 6.07) is 0. The molecule has 3 aliphatic carbocycles. The Labute approximate surface area is 180 Å². The molecule has 0 heterocycles. The third-order valence-electron chi connectivity index (χ3n) is 8.21. The van der Waals surface area contributed by atoms with E-state index < -0.39 is 0 Å². The van der Waals surface area contributed by atoms with Crippen molar-refractivity contribution in [2.45, 2.75) is 98.3 Å². The molecule has 0 nitrogen and oxygen atoms in total. The highest BCUT2D eigenvalue weighted by molar-refractivity contribution is 7.80. The van der Waals surface area contributed by atoms with E-state index in [1.807, 2.05) is 0 Å². The second-order valence-corrected chi connectivity index (χ2v) is 11.2. The Morgan fingerprint density at radius 2 is 1.89 bits per heavy atom. The number of hydrogen-bond acceptors (Lipinski definition) is 1. The fourth-order valence-electron chi connectivity index (χ4n) is 6.52. The third-order valence-corrected chi connectivity index (χ3v) is 8.56. The number of rotatable bonds is 6. The SMILES string of the molecule is C=C1CCC(=S)C/C1=C/C=C1\CCC[C@]2(C)[C@@H]([C@H](C)CCCC(C)C)CC[C@@H]12. The van der Waals surface area contributed by atoms with Gasteiger partial charge < -0.3 is 0 Å². The van der Waals surface area contributed by atoms with E-state index >= 15 is 0 Å². The number of allylic oxidation sites excluding steroid dienone is 5. The van der Waals surface area contributed by atoms with Gasteiger partial charge >= 0.3 is 0 Å². The largest absolute Gasteiger partial charge is 0.0955 e. The van der Waals surface area contributed by atoms with E-state index in [9.17, 15) is 0 Å². The topological polar surface area (TPSA) is 0 Å². The average molecular weight is 399 g/mol. The van der Waals surface area contributed by atoms with Crippen LogP contribution in [-0.4, -0.2) is 4.86 Å². The Kier molecular flexibility index (Phi) is 7.40. The summed E-state index contributed by atoms with van der Waals surface area (Å²) in [6.45, 7) is 14.2. The molecule has 0 N–H and O–H groups in total. The zero-order chi connectivity index (χ0) is 20.3. The van der Waals surface area contributed by atoms with Gasteiger partial charge in [-0.1, -0.05) is 89.1 Å². The van der Waals surface area contributed by atoms with Crippen LogP contribution in [0.5, 0.6) is 0 Å². The van der Waals surface area contributed by atoms with E-state index in [1.165, 1.54) is 67.4 Å². The first-order valence-corrected chi connectivity index (χ1v) is 12.3. The lowest BCUT2D eigenvalue weighted by Gasteiger charge is -2.44. The number of thiocarbonyl (C=S) groups is 1. The Morgan fingerprint density at radius 1 is 1.11 bits per heavy atom. The monoisotopic (exact) mass is 398 g/mol. The molecule has 0 unspecified atom stereocenters. The summed E-state index contributed by atoms with van der Waals surface area (Å²) in [5, 5.41) is 0. The van der Waals surface area contributed by atoms with E-state index in [4.69, 9.17) is 12.2 Å². The summed E-state index contributed by atoms with van der Waals surface area (Å²) in [5.74, 6) is 3.44. The molecular formula is C27H42S. The Balaban J connectivity index is 1.70. The Hall–Kier alpha value is -0.690. The summed E-state index contributed by atoms with van der Waals surface area (Å²) in [7, 11) is 0. The lowest BCUT2D eigenvalue weighted by Crippen LogP contribution is -2.36. The van der Waals surface area contributed by atoms with Gasteiger partial charge in [0, 0.05) is 6.42 Å². The van der Waals surface area contributed by atoms with Crippen LogP contribution in [-0.2, 0) is 0 Å². The van der Waals surface area contributed by atoms with Gasteiger partial charge in [0.05, 0.1) is 0 Å². The Morgan fingerprint density at radius 3 is 2.64 bits per heavy atom. The van der Waals surface area contributed by atoms with Crippen molar-refractivity contribution in [3.63, 3.8) is 0 Å². The summed E-state index contributed by atoms with van der Waals surface area (Å²) in [6.07, 6.45) is 19.1. The van der Waals surface area contributed by atoms with Crippen molar-refractivity contribution in [1.82, 2.24) is 0 Å². The zero-order valence-corrected chi connectivity index (χ0v) is 19.7. The molecule has 0 amide bonds. The molecule has 0 aromatic heterocycles. The molecule has 156 valence electrons.